The minimum absolute atomic E-state index is 0.319. The van der Waals surface area contributed by atoms with E-state index in [2.05, 4.69) is 22.2 Å². The maximum absolute atomic E-state index is 5.33. The second kappa shape index (κ2) is 5.65. The highest BCUT2D eigenvalue weighted by Crippen LogP contribution is 2.41. The summed E-state index contributed by atoms with van der Waals surface area (Å²) >= 11 is 0. The lowest BCUT2D eigenvalue weighted by molar-refractivity contribution is 0.0282. The summed E-state index contributed by atoms with van der Waals surface area (Å²) in [4.78, 5) is 8.90. The monoisotopic (exact) mass is 249 g/mol. The van der Waals surface area contributed by atoms with Crippen molar-refractivity contribution in [3.63, 3.8) is 0 Å². The molecule has 4 heteroatoms. The molecule has 100 valence electrons. The molecule has 0 radical (unpaired) electrons. The molecule has 0 saturated heterocycles. The number of nitrogens with zero attached hydrogens (tertiary/aromatic N) is 2. The summed E-state index contributed by atoms with van der Waals surface area (Å²) in [5.41, 5.74) is 1.35. The molecule has 1 heterocycles. The van der Waals surface area contributed by atoms with Crippen LogP contribution in [0.5, 0.6) is 0 Å². The van der Waals surface area contributed by atoms with Crippen LogP contribution in [0.15, 0.2) is 6.07 Å². The van der Waals surface area contributed by atoms with Crippen molar-refractivity contribution in [1.82, 2.24) is 9.97 Å². The number of nitrogens with one attached hydrogen (secondary N) is 1. The van der Waals surface area contributed by atoms with Gasteiger partial charge in [-0.1, -0.05) is 13.3 Å². The van der Waals surface area contributed by atoms with Gasteiger partial charge in [-0.2, -0.15) is 0 Å². The highest BCUT2D eigenvalue weighted by Gasteiger charge is 2.36. The number of rotatable bonds is 6. The van der Waals surface area contributed by atoms with Crippen LogP contribution in [0.2, 0.25) is 0 Å². The van der Waals surface area contributed by atoms with Gasteiger partial charge < -0.3 is 10.1 Å². The fourth-order valence-electron chi connectivity index (χ4n) is 2.51. The second-order valence-corrected chi connectivity index (χ2v) is 5.30. The average molecular weight is 249 g/mol. The fraction of sp³-hybridized carbons (Fsp3) is 0.714. The molecule has 0 amide bonds. The summed E-state index contributed by atoms with van der Waals surface area (Å²) in [6.07, 6.45) is 4.69. The lowest BCUT2D eigenvalue weighted by atomic mass is 9.69. The first kappa shape index (κ1) is 13.3. The smallest absolute Gasteiger partial charge is 0.130 e. The molecule has 1 N–H and O–H groups in total. The standard InChI is InChI=1S/C14H23N3O/c1-4-12-16-11(2)8-13(17-12)15-9-14(10-18-3)6-5-7-14/h8H,4-7,9-10H2,1-3H3,(H,15,16,17). The molecule has 0 spiro atoms. The summed E-state index contributed by atoms with van der Waals surface area (Å²) in [6, 6.07) is 2.01. The molecule has 0 aromatic carbocycles. The van der Waals surface area contributed by atoms with Crippen LogP contribution in [0, 0.1) is 12.3 Å². The largest absolute Gasteiger partial charge is 0.384 e. The Balaban J connectivity index is 1.99. The fourth-order valence-corrected chi connectivity index (χ4v) is 2.51. The molecule has 18 heavy (non-hydrogen) atoms. The van der Waals surface area contributed by atoms with Crippen LogP contribution >= 0.6 is 0 Å². The van der Waals surface area contributed by atoms with Crippen LogP contribution in [0.25, 0.3) is 0 Å². The lowest BCUT2D eigenvalue weighted by Gasteiger charge is -2.41. The van der Waals surface area contributed by atoms with Gasteiger partial charge in [0.2, 0.25) is 0 Å². The molecule has 1 aliphatic carbocycles. The van der Waals surface area contributed by atoms with E-state index in [4.69, 9.17) is 4.74 Å². The summed E-state index contributed by atoms with van der Waals surface area (Å²) in [5, 5.41) is 3.46. The van der Waals surface area contributed by atoms with E-state index in [1.54, 1.807) is 7.11 Å². The van der Waals surface area contributed by atoms with Crippen molar-refractivity contribution in [2.75, 3.05) is 25.6 Å². The molecule has 1 aromatic heterocycles. The lowest BCUT2D eigenvalue weighted by Crippen LogP contribution is -2.40. The quantitative estimate of drug-likeness (QED) is 0.841. The Morgan fingerprint density at radius 2 is 2.17 bits per heavy atom. The van der Waals surface area contributed by atoms with Crippen LogP contribution in [0.1, 0.15) is 37.7 Å². The Labute approximate surface area is 109 Å². The third-order valence-corrected chi connectivity index (χ3v) is 3.73. The van der Waals surface area contributed by atoms with Crippen LogP contribution in [-0.2, 0) is 11.2 Å². The molecular formula is C14H23N3O. The Morgan fingerprint density at radius 1 is 1.39 bits per heavy atom. The predicted octanol–water partition coefficient (Wildman–Crippen LogP) is 2.58. The molecule has 1 saturated carbocycles. The van der Waals surface area contributed by atoms with E-state index < -0.39 is 0 Å². The Morgan fingerprint density at radius 3 is 2.72 bits per heavy atom. The van der Waals surface area contributed by atoms with E-state index in [0.29, 0.717) is 5.41 Å². The van der Waals surface area contributed by atoms with Crippen molar-refractivity contribution in [3.8, 4) is 0 Å². The number of aryl methyl sites for hydroxylation is 2. The highest BCUT2D eigenvalue weighted by atomic mass is 16.5. The highest BCUT2D eigenvalue weighted by molar-refractivity contribution is 5.36. The van der Waals surface area contributed by atoms with Gasteiger partial charge in [0.1, 0.15) is 11.6 Å². The molecule has 4 nitrogen and oxygen atoms in total. The molecular weight excluding hydrogens is 226 g/mol. The van der Waals surface area contributed by atoms with E-state index in [-0.39, 0.29) is 0 Å². The van der Waals surface area contributed by atoms with Crippen molar-refractivity contribution in [2.45, 2.75) is 39.5 Å². The minimum Gasteiger partial charge on any atom is -0.384 e. The van der Waals surface area contributed by atoms with E-state index in [9.17, 15) is 0 Å². The third kappa shape index (κ3) is 2.99. The topological polar surface area (TPSA) is 47.0 Å². The van der Waals surface area contributed by atoms with E-state index in [1.807, 2.05) is 13.0 Å². The van der Waals surface area contributed by atoms with Gasteiger partial charge in [-0.05, 0) is 19.8 Å². The summed E-state index contributed by atoms with van der Waals surface area (Å²) in [5.74, 6) is 1.86. The first-order chi connectivity index (χ1) is 8.67. The number of aromatic nitrogens is 2. The number of hydrogen-bond donors (Lipinski definition) is 1. The number of methoxy groups -OCH3 is 1. The Bertz CT molecular complexity index is 402. The van der Waals surface area contributed by atoms with E-state index in [0.717, 1.165) is 36.9 Å². The summed E-state index contributed by atoms with van der Waals surface area (Å²) < 4.78 is 5.33. The van der Waals surface area contributed by atoms with Crippen LogP contribution in [-0.4, -0.2) is 30.2 Å². The normalized spacial score (nSPS) is 17.3. The van der Waals surface area contributed by atoms with Gasteiger partial charge in [0.15, 0.2) is 0 Å². The summed E-state index contributed by atoms with van der Waals surface area (Å²) in [6.45, 7) is 5.88. The zero-order valence-electron chi connectivity index (χ0n) is 11.6. The van der Waals surface area contributed by atoms with Crippen LogP contribution < -0.4 is 5.32 Å². The molecule has 0 bridgehead atoms. The Kier molecular flexibility index (Phi) is 4.17. The number of hydrogen-bond acceptors (Lipinski definition) is 4. The molecule has 0 aliphatic heterocycles. The van der Waals surface area contributed by atoms with Gasteiger partial charge in [0.25, 0.3) is 0 Å². The second-order valence-electron chi connectivity index (χ2n) is 5.30. The minimum atomic E-state index is 0.319. The van der Waals surface area contributed by atoms with Crippen LogP contribution in [0.3, 0.4) is 0 Å². The van der Waals surface area contributed by atoms with Gasteiger partial charge >= 0.3 is 0 Å². The number of ether oxygens (including phenoxy) is 1. The average Bonchev–Trinajstić information content (AvgIpc) is 2.31. The van der Waals surface area contributed by atoms with Crippen molar-refractivity contribution in [3.05, 3.63) is 17.6 Å². The van der Waals surface area contributed by atoms with Gasteiger partial charge in [0, 0.05) is 37.3 Å². The zero-order chi connectivity index (χ0) is 13.0. The van der Waals surface area contributed by atoms with Crippen molar-refractivity contribution >= 4 is 5.82 Å². The first-order valence-electron chi connectivity index (χ1n) is 6.75. The summed E-state index contributed by atoms with van der Waals surface area (Å²) in [7, 11) is 1.78. The maximum Gasteiger partial charge on any atom is 0.130 e. The molecule has 1 aliphatic rings. The van der Waals surface area contributed by atoms with Gasteiger partial charge in [-0.3, -0.25) is 0 Å². The Hall–Kier alpha value is -1.16. The van der Waals surface area contributed by atoms with Crippen LogP contribution in [0.4, 0.5) is 5.82 Å². The molecule has 1 fully saturated rings. The van der Waals surface area contributed by atoms with Gasteiger partial charge in [-0.15, -0.1) is 0 Å². The number of anilines is 1. The van der Waals surface area contributed by atoms with E-state index in [1.165, 1.54) is 19.3 Å². The molecule has 0 unspecified atom stereocenters. The molecule has 1 aromatic rings. The van der Waals surface area contributed by atoms with E-state index >= 15 is 0 Å². The van der Waals surface area contributed by atoms with Crippen molar-refractivity contribution < 1.29 is 4.74 Å². The molecule has 2 rings (SSSR count). The zero-order valence-corrected chi connectivity index (χ0v) is 11.6. The SMILES string of the molecule is CCc1nc(C)cc(NCC2(COC)CCC2)n1. The predicted molar refractivity (Wildman–Crippen MR) is 72.8 cm³/mol. The maximum atomic E-state index is 5.33. The third-order valence-electron chi connectivity index (χ3n) is 3.73. The van der Waals surface area contributed by atoms with Crippen molar-refractivity contribution in [1.29, 1.82) is 0 Å². The van der Waals surface area contributed by atoms with Crippen molar-refractivity contribution in [2.24, 2.45) is 5.41 Å². The van der Waals surface area contributed by atoms with Gasteiger partial charge in [0.05, 0.1) is 6.61 Å². The first-order valence-corrected chi connectivity index (χ1v) is 6.75. The molecule has 0 atom stereocenters. The van der Waals surface area contributed by atoms with Gasteiger partial charge in [-0.25, -0.2) is 9.97 Å².